The van der Waals surface area contributed by atoms with Crippen LogP contribution >= 0.6 is 11.8 Å². The predicted molar refractivity (Wildman–Crippen MR) is 93.9 cm³/mol. The van der Waals surface area contributed by atoms with E-state index in [9.17, 15) is 4.79 Å². The predicted octanol–water partition coefficient (Wildman–Crippen LogP) is 3.68. The van der Waals surface area contributed by atoms with E-state index in [1.54, 1.807) is 28.4 Å². The van der Waals surface area contributed by atoms with Gasteiger partial charge in [-0.1, -0.05) is 12.1 Å². The fourth-order valence-corrected chi connectivity index (χ4v) is 2.99. The van der Waals surface area contributed by atoms with Crippen LogP contribution in [0.1, 0.15) is 30.0 Å². The van der Waals surface area contributed by atoms with Crippen LogP contribution in [0.5, 0.6) is 0 Å². The highest BCUT2D eigenvalue weighted by molar-refractivity contribution is 7.98. The van der Waals surface area contributed by atoms with E-state index in [-0.39, 0.29) is 6.03 Å². The molecule has 2 aromatic rings. The summed E-state index contributed by atoms with van der Waals surface area (Å²) < 4.78 is 1.74. The summed E-state index contributed by atoms with van der Waals surface area (Å²) in [5.74, 6) is 1.33. The van der Waals surface area contributed by atoms with Gasteiger partial charge < -0.3 is 4.90 Å². The number of carbonyl (C=O) groups excluding carboxylic acids is 1. The monoisotopic (exact) mass is 330 g/mol. The molecule has 1 aromatic carbocycles. The molecule has 0 saturated heterocycles. The number of urea groups is 1. The highest BCUT2D eigenvalue weighted by Crippen LogP contribution is 2.39. The summed E-state index contributed by atoms with van der Waals surface area (Å²) in [5, 5.41) is 7.42. The van der Waals surface area contributed by atoms with Crippen LogP contribution in [0, 0.1) is 0 Å². The molecule has 5 nitrogen and oxygen atoms in total. The van der Waals surface area contributed by atoms with E-state index < -0.39 is 0 Å². The highest BCUT2D eigenvalue weighted by Gasteiger charge is 2.27. The second kappa shape index (κ2) is 6.66. The molecule has 0 radical (unpaired) electrons. The number of rotatable bonds is 5. The molecule has 0 bridgehead atoms. The van der Waals surface area contributed by atoms with Crippen LogP contribution in [-0.4, -0.2) is 34.0 Å². The van der Waals surface area contributed by atoms with E-state index in [0.29, 0.717) is 12.5 Å². The van der Waals surface area contributed by atoms with E-state index in [1.807, 2.05) is 25.2 Å². The van der Waals surface area contributed by atoms with Gasteiger partial charge in [0.15, 0.2) is 0 Å². The van der Waals surface area contributed by atoms with Crippen LogP contribution in [0.4, 0.5) is 10.6 Å². The molecule has 1 aromatic heterocycles. The fraction of sp³-hybridized carbons (Fsp3) is 0.412. The Labute approximate surface area is 141 Å². The molecular weight excluding hydrogens is 308 g/mol. The lowest BCUT2D eigenvalue weighted by atomic mass is 10.2. The number of thioether (sulfide) groups is 1. The molecule has 1 fully saturated rings. The summed E-state index contributed by atoms with van der Waals surface area (Å²) in [6.45, 7) is 0.577. The first-order valence-electron chi connectivity index (χ1n) is 7.76. The van der Waals surface area contributed by atoms with Crippen molar-refractivity contribution in [3.05, 3.63) is 41.6 Å². The molecule has 0 atom stereocenters. The van der Waals surface area contributed by atoms with Gasteiger partial charge in [0, 0.05) is 37.5 Å². The SMILES string of the molecule is CSc1cccc(CN(C)C(=O)Nc2cc(C3CC3)nn2C)c1. The summed E-state index contributed by atoms with van der Waals surface area (Å²) in [7, 11) is 3.67. The van der Waals surface area contributed by atoms with Gasteiger partial charge in [0.05, 0.1) is 5.69 Å². The van der Waals surface area contributed by atoms with Crippen LogP contribution in [0.15, 0.2) is 35.2 Å². The summed E-state index contributed by atoms with van der Waals surface area (Å²) in [6, 6.07) is 10.1. The van der Waals surface area contributed by atoms with Gasteiger partial charge in [-0.15, -0.1) is 11.8 Å². The van der Waals surface area contributed by atoms with Gasteiger partial charge >= 0.3 is 6.03 Å². The zero-order valence-corrected chi connectivity index (χ0v) is 14.6. The minimum atomic E-state index is -0.120. The fourth-order valence-electron chi connectivity index (χ4n) is 2.51. The Balaban J connectivity index is 1.62. The molecule has 0 aliphatic heterocycles. The minimum Gasteiger partial charge on any atom is -0.323 e. The maximum absolute atomic E-state index is 12.4. The van der Waals surface area contributed by atoms with Gasteiger partial charge in [-0.2, -0.15) is 5.10 Å². The zero-order valence-electron chi connectivity index (χ0n) is 13.7. The lowest BCUT2D eigenvalue weighted by Crippen LogP contribution is -2.31. The molecule has 1 N–H and O–H groups in total. The number of nitrogens with one attached hydrogen (secondary N) is 1. The average Bonchev–Trinajstić information content (AvgIpc) is 3.33. The molecule has 23 heavy (non-hydrogen) atoms. The van der Waals surface area contributed by atoms with E-state index in [2.05, 4.69) is 28.8 Å². The Hall–Kier alpha value is -1.95. The van der Waals surface area contributed by atoms with Crippen LogP contribution in [0.2, 0.25) is 0 Å². The number of hydrogen-bond donors (Lipinski definition) is 1. The molecule has 0 unspecified atom stereocenters. The first kappa shape index (κ1) is 15.9. The normalized spacial score (nSPS) is 13.9. The first-order valence-corrected chi connectivity index (χ1v) is 8.98. The smallest absolute Gasteiger partial charge is 0.323 e. The van der Waals surface area contributed by atoms with E-state index >= 15 is 0 Å². The number of carbonyl (C=O) groups is 1. The average molecular weight is 330 g/mol. The molecule has 1 saturated carbocycles. The van der Waals surface area contributed by atoms with Crippen molar-refractivity contribution in [3.63, 3.8) is 0 Å². The first-order chi connectivity index (χ1) is 11.1. The van der Waals surface area contributed by atoms with Crippen molar-refractivity contribution in [1.29, 1.82) is 0 Å². The molecule has 0 spiro atoms. The number of aromatic nitrogens is 2. The minimum absolute atomic E-state index is 0.120. The van der Waals surface area contributed by atoms with Crippen molar-refractivity contribution < 1.29 is 4.79 Å². The maximum atomic E-state index is 12.4. The Morgan fingerprint density at radius 1 is 1.43 bits per heavy atom. The molecule has 1 aliphatic carbocycles. The Bertz CT molecular complexity index is 708. The van der Waals surface area contributed by atoms with E-state index in [1.165, 1.54) is 17.7 Å². The summed E-state index contributed by atoms with van der Waals surface area (Å²) in [4.78, 5) is 15.3. The lowest BCUT2D eigenvalue weighted by Gasteiger charge is -2.18. The Morgan fingerprint density at radius 3 is 2.91 bits per heavy atom. The van der Waals surface area contributed by atoms with Gasteiger partial charge in [-0.3, -0.25) is 10.00 Å². The number of nitrogens with zero attached hydrogens (tertiary/aromatic N) is 3. The van der Waals surface area contributed by atoms with Gasteiger partial charge in [0.25, 0.3) is 0 Å². The number of amides is 2. The van der Waals surface area contributed by atoms with Crippen molar-refractivity contribution in [3.8, 4) is 0 Å². The molecule has 1 aliphatic rings. The Morgan fingerprint density at radius 2 is 2.22 bits per heavy atom. The number of benzene rings is 1. The maximum Gasteiger partial charge on any atom is 0.323 e. The summed E-state index contributed by atoms with van der Waals surface area (Å²) in [5.41, 5.74) is 2.20. The van der Waals surface area contributed by atoms with Crippen LogP contribution in [0.3, 0.4) is 0 Å². The van der Waals surface area contributed by atoms with Gasteiger partial charge in [-0.25, -0.2) is 4.79 Å². The van der Waals surface area contributed by atoms with Gasteiger partial charge in [0.2, 0.25) is 0 Å². The standard InChI is InChI=1S/C17H22N4OS/c1-20(11-12-5-4-6-14(9-12)23-3)17(22)18-16-10-15(13-7-8-13)19-21(16)2/h4-6,9-10,13H,7-8,11H2,1-3H3,(H,18,22). The van der Waals surface area contributed by atoms with Crippen molar-refractivity contribution in [2.24, 2.45) is 7.05 Å². The second-order valence-corrected chi connectivity index (χ2v) is 6.87. The summed E-state index contributed by atoms with van der Waals surface area (Å²) in [6.07, 6.45) is 4.46. The summed E-state index contributed by atoms with van der Waals surface area (Å²) >= 11 is 1.70. The van der Waals surface area contributed by atoms with Gasteiger partial charge in [0.1, 0.15) is 5.82 Å². The third-order valence-corrected chi connectivity index (χ3v) is 4.76. The number of hydrogen-bond acceptors (Lipinski definition) is 3. The largest absolute Gasteiger partial charge is 0.323 e. The topological polar surface area (TPSA) is 50.2 Å². The van der Waals surface area contributed by atoms with Crippen molar-refractivity contribution in [2.45, 2.75) is 30.2 Å². The zero-order chi connectivity index (χ0) is 16.4. The number of aryl methyl sites for hydroxylation is 1. The third-order valence-electron chi connectivity index (χ3n) is 4.03. The van der Waals surface area contributed by atoms with Crippen LogP contribution in [-0.2, 0) is 13.6 Å². The van der Waals surface area contributed by atoms with E-state index in [4.69, 9.17) is 0 Å². The second-order valence-electron chi connectivity index (χ2n) is 5.99. The van der Waals surface area contributed by atoms with E-state index in [0.717, 1.165) is 17.1 Å². The number of anilines is 1. The van der Waals surface area contributed by atoms with Crippen molar-refractivity contribution in [1.82, 2.24) is 14.7 Å². The third kappa shape index (κ3) is 3.88. The lowest BCUT2D eigenvalue weighted by molar-refractivity contribution is 0.220. The molecule has 6 heteroatoms. The molecule has 3 rings (SSSR count). The van der Waals surface area contributed by atoms with Crippen LogP contribution in [0.25, 0.3) is 0 Å². The molecule has 2 amide bonds. The van der Waals surface area contributed by atoms with Gasteiger partial charge in [-0.05, 0) is 36.8 Å². The van der Waals surface area contributed by atoms with Crippen LogP contribution < -0.4 is 5.32 Å². The van der Waals surface area contributed by atoms with Crippen molar-refractivity contribution >= 4 is 23.6 Å². The van der Waals surface area contributed by atoms with Crippen molar-refractivity contribution in [2.75, 3.05) is 18.6 Å². The Kier molecular flexibility index (Phi) is 4.61. The highest BCUT2D eigenvalue weighted by atomic mass is 32.2. The molecular formula is C17H22N4OS. The molecule has 122 valence electrons. The quantitative estimate of drug-likeness (QED) is 0.851. The molecule has 1 heterocycles.